The normalized spacial score (nSPS) is 16.1. The highest BCUT2D eigenvalue weighted by molar-refractivity contribution is 5.60. The smallest absolute Gasteiger partial charge is 0.136 e. The fourth-order valence-electron chi connectivity index (χ4n) is 3.01. The zero-order chi connectivity index (χ0) is 18.0. The number of likely N-dealkylation sites (N-methyl/N-ethyl adjacent to an activating group) is 1. The highest BCUT2D eigenvalue weighted by atomic mass is 15.3. The van der Waals surface area contributed by atoms with Crippen molar-refractivity contribution in [3.05, 3.63) is 41.7 Å². The largest absolute Gasteiger partial charge is 0.354 e. The Morgan fingerprint density at radius 1 is 0.960 bits per heavy atom. The molecule has 0 bridgehead atoms. The molecule has 0 spiro atoms. The second-order valence-electron chi connectivity index (χ2n) is 7.90. The van der Waals surface area contributed by atoms with Gasteiger partial charge in [-0.25, -0.2) is 9.97 Å². The molecule has 0 radical (unpaired) electrons. The van der Waals surface area contributed by atoms with Gasteiger partial charge in [-0.1, -0.05) is 32.9 Å². The van der Waals surface area contributed by atoms with Crippen LogP contribution in [0.25, 0.3) is 0 Å². The van der Waals surface area contributed by atoms with Gasteiger partial charge in [0.25, 0.3) is 0 Å². The van der Waals surface area contributed by atoms with Gasteiger partial charge in [-0.2, -0.15) is 0 Å². The van der Waals surface area contributed by atoms with Crippen LogP contribution in [0.5, 0.6) is 0 Å². The summed E-state index contributed by atoms with van der Waals surface area (Å²) in [6.45, 7) is 12.8. The van der Waals surface area contributed by atoms with E-state index in [9.17, 15) is 0 Å². The molecule has 134 valence electrons. The molecule has 0 unspecified atom stereocenters. The van der Waals surface area contributed by atoms with E-state index in [2.05, 4.69) is 83.2 Å². The lowest BCUT2D eigenvalue weighted by Crippen LogP contribution is -2.44. The third-order valence-electron chi connectivity index (χ3n) is 4.68. The molecular formula is C20H29N5. The predicted molar refractivity (Wildman–Crippen MR) is 105 cm³/mol. The van der Waals surface area contributed by atoms with E-state index in [1.165, 1.54) is 5.56 Å². The van der Waals surface area contributed by atoms with Gasteiger partial charge in [0, 0.05) is 37.9 Å². The van der Waals surface area contributed by atoms with E-state index in [1.54, 1.807) is 0 Å². The van der Waals surface area contributed by atoms with Crippen molar-refractivity contribution < 1.29 is 0 Å². The number of hydrogen-bond acceptors (Lipinski definition) is 5. The van der Waals surface area contributed by atoms with Crippen LogP contribution in [-0.2, 0) is 5.41 Å². The number of rotatable bonds is 3. The van der Waals surface area contributed by atoms with Crippen molar-refractivity contribution in [2.75, 3.05) is 43.4 Å². The SMILES string of the molecule is Cc1nc(Nc2ccc(C(C)(C)C)cc2)cc(N2CCN(C)CC2)n1. The van der Waals surface area contributed by atoms with Gasteiger partial charge in [0.15, 0.2) is 0 Å². The number of benzene rings is 1. The molecule has 0 aliphatic carbocycles. The summed E-state index contributed by atoms with van der Waals surface area (Å²) in [4.78, 5) is 13.9. The molecule has 1 N–H and O–H groups in total. The zero-order valence-electron chi connectivity index (χ0n) is 16.0. The molecule has 0 amide bonds. The van der Waals surface area contributed by atoms with Gasteiger partial charge in [0.2, 0.25) is 0 Å². The lowest BCUT2D eigenvalue weighted by molar-refractivity contribution is 0.312. The van der Waals surface area contributed by atoms with Crippen LogP contribution in [0.15, 0.2) is 30.3 Å². The van der Waals surface area contributed by atoms with Gasteiger partial charge in [-0.15, -0.1) is 0 Å². The Bertz CT molecular complexity index is 710. The molecule has 1 aliphatic rings. The van der Waals surface area contributed by atoms with Crippen molar-refractivity contribution in [1.82, 2.24) is 14.9 Å². The first-order valence-corrected chi connectivity index (χ1v) is 8.98. The van der Waals surface area contributed by atoms with E-state index in [0.29, 0.717) is 0 Å². The van der Waals surface area contributed by atoms with Crippen molar-refractivity contribution in [1.29, 1.82) is 0 Å². The van der Waals surface area contributed by atoms with E-state index in [-0.39, 0.29) is 5.41 Å². The van der Waals surface area contributed by atoms with Gasteiger partial charge in [0.05, 0.1) is 0 Å². The van der Waals surface area contributed by atoms with Gasteiger partial charge in [0.1, 0.15) is 17.5 Å². The lowest BCUT2D eigenvalue weighted by atomic mass is 9.87. The van der Waals surface area contributed by atoms with Crippen LogP contribution in [0, 0.1) is 6.92 Å². The molecule has 1 saturated heterocycles. The summed E-state index contributed by atoms with van der Waals surface area (Å²) in [5.74, 6) is 2.66. The average molecular weight is 339 g/mol. The summed E-state index contributed by atoms with van der Waals surface area (Å²) in [6.07, 6.45) is 0. The molecule has 3 rings (SSSR count). The minimum Gasteiger partial charge on any atom is -0.354 e. The van der Waals surface area contributed by atoms with Crippen LogP contribution >= 0.6 is 0 Å². The van der Waals surface area contributed by atoms with Gasteiger partial charge in [-0.05, 0) is 37.1 Å². The second kappa shape index (κ2) is 7.00. The number of hydrogen-bond donors (Lipinski definition) is 1. The Hall–Kier alpha value is -2.14. The Balaban J connectivity index is 1.76. The molecule has 1 aliphatic heterocycles. The average Bonchev–Trinajstić information content (AvgIpc) is 2.54. The summed E-state index contributed by atoms with van der Waals surface area (Å²) in [7, 11) is 2.16. The summed E-state index contributed by atoms with van der Waals surface area (Å²) in [5.41, 5.74) is 2.55. The molecule has 0 atom stereocenters. The van der Waals surface area contributed by atoms with Crippen LogP contribution in [0.1, 0.15) is 32.2 Å². The Morgan fingerprint density at radius 2 is 1.60 bits per heavy atom. The van der Waals surface area contributed by atoms with E-state index < -0.39 is 0 Å². The molecule has 1 aromatic heterocycles. The lowest BCUT2D eigenvalue weighted by Gasteiger charge is -2.33. The van der Waals surface area contributed by atoms with Crippen LogP contribution in [0.3, 0.4) is 0 Å². The summed E-state index contributed by atoms with van der Waals surface area (Å²) >= 11 is 0. The fourth-order valence-corrected chi connectivity index (χ4v) is 3.01. The first kappa shape index (κ1) is 17.7. The topological polar surface area (TPSA) is 44.3 Å². The van der Waals surface area contributed by atoms with E-state index in [4.69, 9.17) is 0 Å². The monoisotopic (exact) mass is 339 g/mol. The fraction of sp³-hybridized carbons (Fsp3) is 0.500. The molecule has 1 fully saturated rings. The van der Waals surface area contributed by atoms with E-state index in [1.807, 2.05) is 6.92 Å². The van der Waals surface area contributed by atoms with Crippen molar-refractivity contribution in [3.8, 4) is 0 Å². The molecule has 1 aromatic carbocycles. The van der Waals surface area contributed by atoms with Gasteiger partial charge >= 0.3 is 0 Å². The zero-order valence-corrected chi connectivity index (χ0v) is 16.0. The number of aromatic nitrogens is 2. The van der Waals surface area contributed by atoms with Crippen LogP contribution in [0.4, 0.5) is 17.3 Å². The standard InChI is InChI=1S/C20H29N5/c1-15-21-18(14-19(22-15)25-12-10-24(5)11-13-25)23-17-8-6-16(7-9-17)20(2,3)4/h6-9,14H,10-13H2,1-5H3,(H,21,22,23). The minimum absolute atomic E-state index is 0.165. The molecule has 0 saturated carbocycles. The molecule has 2 aromatic rings. The van der Waals surface area contributed by atoms with Gasteiger partial charge < -0.3 is 15.1 Å². The Labute approximate surface area is 151 Å². The highest BCUT2D eigenvalue weighted by Crippen LogP contribution is 2.25. The minimum atomic E-state index is 0.165. The third-order valence-corrected chi connectivity index (χ3v) is 4.68. The molecule has 2 heterocycles. The summed E-state index contributed by atoms with van der Waals surface area (Å²) in [5, 5.41) is 3.42. The first-order chi connectivity index (χ1) is 11.8. The number of nitrogens with one attached hydrogen (secondary N) is 1. The molecule has 5 heteroatoms. The third kappa shape index (κ3) is 4.48. The summed E-state index contributed by atoms with van der Waals surface area (Å²) < 4.78 is 0. The maximum atomic E-state index is 4.63. The molecule has 5 nitrogen and oxygen atoms in total. The number of anilines is 3. The second-order valence-corrected chi connectivity index (χ2v) is 7.90. The van der Waals surface area contributed by atoms with E-state index in [0.717, 1.165) is 49.3 Å². The number of aryl methyl sites for hydroxylation is 1. The maximum Gasteiger partial charge on any atom is 0.136 e. The van der Waals surface area contributed by atoms with E-state index >= 15 is 0 Å². The number of piperazine rings is 1. The Kier molecular flexibility index (Phi) is 4.95. The van der Waals surface area contributed by atoms with Crippen LogP contribution < -0.4 is 10.2 Å². The number of nitrogens with zero attached hydrogens (tertiary/aromatic N) is 4. The van der Waals surface area contributed by atoms with Crippen molar-refractivity contribution >= 4 is 17.3 Å². The quantitative estimate of drug-likeness (QED) is 0.926. The maximum absolute atomic E-state index is 4.63. The highest BCUT2D eigenvalue weighted by Gasteiger charge is 2.17. The first-order valence-electron chi connectivity index (χ1n) is 8.98. The van der Waals surface area contributed by atoms with Crippen LogP contribution in [-0.4, -0.2) is 48.1 Å². The molecular weight excluding hydrogens is 310 g/mol. The molecule has 25 heavy (non-hydrogen) atoms. The summed E-state index contributed by atoms with van der Waals surface area (Å²) in [6, 6.07) is 10.6. The Morgan fingerprint density at radius 3 is 2.20 bits per heavy atom. The van der Waals surface area contributed by atoms with Crippen molar-refractivity contribution in [3.63, 3.8) is 0 Å². The van der Waals surface area contributed by atoms with Crippen molar-refractivity contribution in [2.24, 2.45) is 0 Å². The van der Waals surface area contributed by atoms with Gasteiger partial charge in [-0.3, -0.25) is 0 Å². The van der Waals surface area contributed by atoms with Crippen LogP contribution in [0.2, 0.25) is 0 Å². The van der Waals surface area contributed by atoms with Crippen molar-refractivity contribution in [2.45, 2.75) is 33.1 Å². The predicted octanol–water partition coefficient (Wildman–Crippen LogP) is 3.58.